The van der Waals surface area contributed by atoms with E-state index in [2.05, 4.69) is 10.3 Å². The second kappa shape index (κ2) is 4.90. The third kappa shape index (κ3) is 2.46. The van der Waals surface area contributed by atoms with Crippen LogP contribution in [0.15, 0.2) is 36.7 Å². The van der Waals surface area contributed by atoms with Crippen LogP contribution >= 0.6 is 0 Å². The van der Waals surface area contributed by atoms with Gasteiger partial charge in [-0.05, 0) is 18.6 Å². The number of carbonyl (C=O) groups excluding carboxylic acids is 1. The molecule has 0 unspecified atom stereocenters. The standard InChI is InChI=1S/C12H14N2O2/c15-8-9-1-2-11(7-9)14-12(16)10-3-5-13-6-4-10/h1-6,9,11,15H,7-8H2,(H,14,16)/t9-,11+/m0/s1. The van der Waals surface area contributed by atoms with E-state index in [0.717, 1.165) is 6.42 Å². The molecule has 1 aliphatic carbocycles. The highest BCUT2D eigenvalue weighted by atomic mass is 16.3. The molecule has 16 heavy (non-hydrogen) atoms. The van der Waals surface area contributed by atoms with Crippen LogP contribution in [0, 0.1) is 5.92 Å². The topological polar surface area (TPSA) is 62.2 Å². The Bertz CT molecular complexity index is 389. The van der Waals surface area contributed by atoms with Gasteiger partial charge in [-0.2, -0.15) is 0 Å². The Morgan fingerprint density at radius 2 is 2.19 bits per heavy atom. The summed E-state index contributed by atoms with van der Waals surface area (Å²) < 4.78 is 0. The molecule has 2 rings (SSSR count). The fourth-order valence-corrected chi connectivity index (χ4v) is 1.77. The fraction of sp³-hybridized carbons (Fsp3) is 0.333. The summed E-state index contributed by atoms with van der Waals surface area (Å²) in [7, 11) is 0. The Morgan fingerprint density at radius 3 is 2.81 bits per heavy atom. The average molecular weight is 218 g/mol. The van der Waals surface area contributed by atoms with Crippen LogP contribution in [0.1, 0.15) is 16.8 Å². The van der Waals surface area contributed by atoms with Gasteiger partial charge in [-0.15, -0.1) is 0 Å². The van der Waals surface area contributed by atoms with Crippen molar-refractivity contribution in [3.05, 3.63) is 42.2 Å². The molecule has 1 aromatic heterocycles. The molecule has 0 aliphatic heterocycles. The Morgan fingerprint density at radius 1 is 1.44 bits per heavy atom. The maximum atomic E-state index is 11.8. The van der Waals surface area contributed by atoms with Crippen molar-refractivity contribution in [2.45, 2.75) is 12.5 Å². The Hall–Kier alpha value is -1.68. The van der Waals surface area contributed by atoms with E-state index in [-0.39, 0.29) is 24.5 Å². The number of nitrogens with zero attached hydrogens (tertiary/aromatic N) is 1. The Kier molecular flexibility index (Phi) is 3.31. The van der Waals surface area contributed by atoms with Gasteiger partial charge in [0.15, 0.2) is 0 Å². The summed E-state index contributed by atoms with van der Waals surface area (Å²) in [6.07, 6.45) is 7.83. The summed E-state index contributed by atoms with van der Waals surface area (Å²) >= 11 is 0. The molecule has 0 saturated heterocycles. The maximum absolute atomic E-state index is 11.8. The van der Waals surface area contributed by atoms with Gasteiger partial charge < -0.3 is 10.4 Å². The van der Waals surface area contributed by atoms with E-state index in [1.54, 1.807) is 24.5 Å². The van der Waals surface area contributed by atoms with Crippen LogP contribution < -0.4 is 5.32 Å². The summed E-state index contributed by atoms with van der Waals surface area (Å²) in [6, 6.07) is 3.38. The first-order valence-electron chi connectivity index (χ1n) is 5.29. The molecule has 0 fully saturated rings. The van der Waals surface area contributed by atoms with Crippen LogP contribution in [0.4, 0.5) is 0 Å². The van der Waals surface area contributed by atoms with E-state index in [1.807, 2.05) is 12.2 Å². The number of hydrogen-bond acceptors (Lipinski definition) is 3. The molecule has 4 nitrogen and oxygen atoms in total. The minimum atomic E-state index is -0.101. The number of aromatic nitrogens is 1. The van der Waals surface area contributed by atoms with Crippen molar-refractivity contribution in [1.82, 2.24) is 10.3 Å². The van der Waals surface area contributed by atoms with Crippen LogP contribution in [0.5, 0.6) is 0 Å². The fourth-order valence-electron chi connectivity index (χ4n) is 1.77. The van der Waals surface area contributed by atoms with Gasteiger partial charge in [0, 0.05) is 36.5 Å². The zero-order chi connectivity index (χ0) is 11.4. The number of aliphatic hydroxyl groups excluding tert-OH is 1. The quantitative estimate of drug-likeness (QED) is 0.736. The van der Waals surface area contributed by atoms with Gasteiger partial charge in [0.05, 0.1) is 0 Å². The van der Waals surface area contributed by atoms with Gasteiger partial charge in [-0.25, -0.2) is 0 Å². The summed E-state index contributed by atoms with van der Waals surface area (Å²) in [5, 5.41) is 11.9. The van der Waals surface area contributed by atoms with Crippen LogP contribution in [-0.2, 0) is 0 Å². The average Bonchev–Trinajstić information content (AvgIpc) is 2.78. The molecule has 0 radical (unpaired) electrons. The van der Waals surface area contributed by atoms with Crippen molar-refractivity contribution in [2.75, 3.05) is 6.61 Å². The lowest BCUT2D eigenvalue weighted by molar-refractivity contribution is 0.0941. The second-order valence-electron chi connectivity index (χ2n) is 3.88. The van der Waals surface area contributed by atoms with Gasteiger partial charge >= 0.3 is 0 Å². The number of nitrogens with one attached hydrogen (secondary N) is 1. The van der Waals surface area contributed by atoms with Gasteiger partial charge in [0.25, 0.3) is 5.91 Å². The van der Waals surface area contributed by atoms with Gasteiger partial charge in [-0.3, -0.25) is 9.78 Å². The van der Waals surface area contributed by atoms with Crippen molar-refractivity contribution >= 4 is 5.91 Å². The van der Waals surface area contributed by atoms with E-state index in [9.17, 15) is 4.79 Å². The van der Waals surface area contributed by atoms with Gasteiger partial charge in [0.2, 0.25) is 0 Å². The molecule has 4 heteroatoms. The first-order valence-corrected chi connectivity index (χ1v) is 5.29. The van der Waals surface area contributed by atoms with E-state index in [4.69, 9.17) is 5.11 Å². The lowest BCUT2D eigenvalue weighted by atomic mass is 10.1. The molecule has 0 spiro atoms. The molecule has 0 saturated carbocycles. The number of carbonyl (C=O) groups is 1. The highest BCUT2D eigenvalue weighted by molar-refractivity contribution is 5.94. The van der Waals surface area contributed by atoms with Crippen molar-refractivity contribution < 1.29 is 9.90 Å². The van der Waals surface area contributed by atoms with Crippen molar-refractivity contribution in [3.63, 3.8) is 0 Å². The first kappa shape index (κ1) is 10.8. The summed E-state index contributed by atoms with van der Waals surface area (Å²) in [6.45, 7) is 0.137. The summed E-state index contributed by atoms with van der Waals surface area (Å²) in [5.41, 5.74) is 0.607. The molecule has 1 aliphatic rings. The first-order chi connectivity index (χ1) is 7.79. The normalized spacial score (nSPS) is 23.3. The van der Waals surface area contributed by atoms with Gasteiger partial charge in [0.1, 0.15) is 0 Å². The minimum Gasteiger partial charge on any atom is -0.396 e. The number of amides is 1. The highest BCUT2D eigenvalue weighted by Crippen LogP contribution is 2.17. The third-order valence-electron chi connectivity index (χ3n) is 2.67. The van der Waals surface area contributed by atoms with Crippen molar-refractivity contribution in [1.29, 1.82) is 0 Å². The SMILES string of the molecule is O=C(N[C@@H]1C=C[C@H](CO)C1)c1ccncc1. The molecule has 0 bridgehead atoms. The monoisotopic (exact) mass is 218 g/mol. The van der Waals surface area contributed by atoms with E-state index in [1.165, 1.54) is 0 Å². The van der Waals surface area contributed by atoms with Gasteiger partial charge in [-0.1, -0.05) is 12.2 Å². The summed E-state index contributed by atoms with van der Waals surface area (Å²) in [5.74, 6) is 0.0679. The predicted octanol–water partition coefficient (Wildman–Crippen LogP) is 0.748. The number of rotatable bonds is 3. The molecule has 2 N–H and O–H groups in total. The smallest absolute Gasteiger partial charge is 0.251 e. The lowest BCUT2D eigenvalue weighted by Gasteiger charge is -2.12. The Labute approximate surface area is 94.0 Å². The van der Waals surface area contributed by atoms with Crippen LogP contribution in [0.25, 0.3) is 0 Å². The van der Waals surface area contributed by atoms with Crippen molar-refractivity contribution in [3.8, 4) is 0 Å². The zero-order valence-corrected chi connectivity index (χ0v) is 8.84. The van der Waals surface area contributed by atoms with Crippen LogP contribution in [0.2, 0.25) is 0 Å². The van der Waals surface area contributed by atoms with E-state index >= 15 is 0 Å². The van der Waals surface area contributed by atoms with Crippen LogP contribution in [0.3, 0.4) is 0 Å². The van der Waals surface area contributed by atoms with E-state index in [0.29, 0.717) is 5.56 Å². The number of hydrogen-bond donors (Lipinski definition) is 2. The molecular formula is C12H14N2O2. The molecule has 1 aromatic rings. The Balaban J connectivity index is 1.92. The molecule has 84 valence electrons. The third-order valence-corrected chi connectivity index (χ3v) is 2.67. The zero-order valence-electron chi connectivity index (χ0n) is 8.84. The van der Waals surface area contributed by atoms with Crippen LogP contribution in [-0.4, -0.2) is 28.6 Å². The second-order valence-corrected chi connectivity index (χ2v) is 3.88. The maximum Gasteiger partial charge on any atom is 0.251 e. The lowest BCUT2D eigenvalue weighted by Crippen LogP contribution is -2.32. The predicted molar refractivity (Wildman–Crippen MR) is 59.8 cm³/mol. The summed E-state index contributed by atoms with van der Waals surface area (Å²) in [4.78, 5) is 15.6. The molecule has 2 atom stereocenters. The molecule has 1 amide bonds. The number of pyridine rings is 1. The van der Waals surface area contributed by atoms with E-state index < -0.39 is 0 Å². The molecule has 0 aromatic carbocycles. The number of aliphatic hydroxyl groups is 1. The van der Waals surface area contributed by atoms with Crippen molar-refractivity contribution in [2.24, 2.45) is 5.92 Å². The highest BCUT2D eigenvalue weighted by Gasteiger charge is 2.19. The largest absolute Gasteiger partial charge is 0.396 e. The molecule has 1 heterocycles. The minimum absolute atomic E-state index is 0.0258. The molecular weight excluding hydrogens is 204 g/mol.